The number of ether oxygens (including phenoxy) is 1. The maximum absolute atomic E-state index is 6.26. The average Bonchev–Trinajstić information content (AvgIpc) is 2.42. The molecule has 1 saturated carbocycles. The number of hydrogen-bond donors (Lipinski definition) is 1. The van der Waals surface area contributed by atoms with E-state index in [0.29, 0.717) is 6.04 Å². The van der Waals surface area contributed by atoms with Gasteiger partial charge in [-0.3, -0.25) is 0 Å². The van der Waals surface area contributed by atoms with Crippen molar-refractivity contribution in [2.75, 3.05) is 6.61 Å². The first-order chi connectivity index (χ1) is 8.75. The number of rotatable bonds is 5. The van der Waals surface area contributed by atoms with Gasteiger partial charge in [-0.2, -0.15) is 0 Å². The van der Waals surface area contributed by atoms with Crippen molar-refractivity contribution >= 4 is 0 Å². The molecule has 0 saturated heterocycles. The van der Waals surface area contributed by atoms with Gasteiger partial charge in [0.2, 0.25) is 0 Å². The van der Waals surface area contributed by atoms with Gasteiger partial charge in [0.25, 0.3) is 0 Å². The maximum atomic E-state index is 6.26. The van der Waals surface area contributed by atoms with E-state index in [2.05, 4.69) is 19.1 Å². The third-order valence-corrected chi connectivity index (χ3v) is 4.00. The minimum Gasteiger partial charge on any atom is -0.494 e. The van der Waals surface area contributed by atoms with E-state index in [-0.39, 0.29) is 0 Å². The zero-order valence-corrected chi connectivity index (χ0v) is 11.4. The number of benzene rings is 1. The molecule has 1 atom stereocenters. The van der Waals surface area contributed by atoms with Crippen LogP contribution in [0.5, 0.6) is 5.75 Å². The van der Waals surface area contributed by atoms with Gasteiger partial charge in [0.05, 0.1) is 6.61 Å². The van der Waals surface area contributed by atoms with Gasteiger partial charge in [-0.15, -0.1) is 0 Å². The summed E-state index contributed by atoms with van der Waals surface area (Å²) in [6.07, 6.45) is 7.70. The van der Waals surface area contributed by atoms with Crippen molar-refractivity contribution in [2.45, 2.75) is 51.5 Å². The van der Waals surface area contributed by atoms with E-state index in [0.717, 1.165) is 24.7 Å². The predicted octanol–water partition coefficient (Wildman–Crippen LogP) is 3.67. The molecular formula is C16H25NO. The van der Waals surface area contributed by atoms with Crippen LogP contribution in [0.15, 0.2) is 24.3 Å². The Morgan fingerprint density at radius 1 is 1.17 bits per heavy atom. The molecule has 18 heavy (non-hydrogen) atoms. The minimum absolute atomic E-state index is 0.316. The molecule has 1 aliphatic carbocycles. The van der Waals surface area contributed by atoms with E-state index in [1.165, 1.54) is 37.7 Å². The molecule has 0 heterocycles. The van der Waals surface area contributed by atoms with E-state index in [4.69, 9.17) is 10.5 Å². The highest BCUT2D eigenvalue weighted by molar-refractivity contribution is 5.26. The summed E-state index contributed by atoms with van der Waals surface area (Å²) in [4.78, 5) is 0. The topological polar surface area (TPSA) is 35.2 Å². The molecule has 2 heteroatoms. The summed E-state index contributed by atoms with van der Waals surface area (Å²) in [6.45, 7) is 2.82. The standard InChI is InChI=1S/C16H25NO/c1-13-7-9-15(10-8-13)18-12-11-16(17)14-5-3-2-4-6-14/h7-10,14,16H,2-6,11-12,17H2,1H3. The van der Waals surface area contributed by atoms with Gasteiger partial charge in [-0.05, 0) is 44.2 Å². The summed E-state index contributed by atoms with van der Waals surface area (Å²) in [5.74, 6) is 1.68. The molecule has 1 aromatic rings. The van der Waals surface area contributed by atoms with Crippen LogP contribution in [0.2, 0.25) is 0 Å². The second-order valence-corrected chi connectivity index (χ2v) is 5.51. The number of nitrogens with two attached hydrogens (primary N) is 1. The highest BCUT2D eigenvalue weighted by Crippen LogP contribution is 2.26. The van der Waals surface area contributed by atoms with E-state index >= 15 is 0 Å². The zero-order valence-electron chi connectivity index (χ0n) is 11.4. The summed E-state index contributed by atoms with van der Waals surface area (Å²) in [5, 5.41) is 0. The third-order valence-electron chi connectivity index (χ3n) is 4.00. The van der Waals surface area contributed by atoms with Crippen molar-refractivity contribution in [2.24, 2.45) is 11.7 Å². The van der Waals surface area contributed by atoms with Crippen molar-refractivity contribution in [3.8, 4) is 5.75 Å². The highest BCUT2D eigenvalue weighted by Gasteiger charge is 2.20. The largest absolute Gasteiger partial charge is 0.494 e. The van der Waals surface area contributed by atoms with Crippen LogP contribution < -0.4 is 10.5 Å². The van der Waals surface area contributed by atoms with Gasteiger partial charge in [-0.25, -0.2) is 0 Å². The van der Waals surface area contributed by atoms with Crippen LogP contribution in [0.3, 0.4) is 0 Å². The normalized spacial score (nSPS) is 18.6. The lowest BCUT2D eigenvalue weighted by Crippen LogP contribution is -2.33. The van der Waals surface area contributed by atoms with Crippen LogP contribution >= 0.6 is 0 Å². The Hall–Kier alpha value is -1.02. The van der Waals surface area contributed by atoms with Crippen molar-refractivity contribution in [3.05, 3.63) is 29.8 Å². The molecule has 0 aromatic heterocycles. The van der Waals surface area contributed by atoms with Crippen LogP contribution in [-0.2, 0) is 0 Å². The second kappa shape index (κ2) is 6.79. The van der Waals surface area contributed by atoms with Crippen molar-refractivity contribution in [1.82, 2.24) is 0 Å². The molecule has 0 amide bonds. The molecule has 1 unspecified atom stereocenters. The van der Waals surface area contributed by atoms with Crippen LogP contribution in [0.25, 0.3) is 0 Å². The number of aryl methyl sites for hydroxylation is 1. The molecule has 0 spiro atoms. The van der Waals surface area contributed by atoms with Gasteiger partial charge in [0.1, 0.15) is 5.75 Å². The van der Waals surface area contributed by atoms with Gasteiger partial charge in [0.15, 0.2) is 0 Å². The van der Waals surface area contributed by atoms with Crippen LogP contribution in [0.1, 0.15) is 44.1 Å². The van der Waals surface area contributed by atoms with Crippen molar-refractivity contribution in [3.63, 3.8) is 0 Å². The summed E-state index contributed by atoms with van der Waals surface area (Å²) in [6, 6.07) is 8.53. The maximum Gasteiger partial charge on any atom is 0.119 e. The van der Waals surface area contributed by atoms with Crippen molar-refractivity contribution in [1.29, 1.82) is 0 Å². The van der Waals surface area contributed by atoms with Crippen LogP contribution in [0.4, 0.5) is 0 Å². The molecule has 100 valence electrons. The smallest absolute Gasteiger partial charge is 0.119 e. The Morgan fingerprint density at radius 2 is 1.83 bits per heavy atom. The Kier molecular flexibility index (Phi) is 5.06. The highest BCUT2D eigenvalue weighted by atomic mass is 16.5. The summed E-state index contributed by atoms with van der Waals surface area (Å²) < 4.78 is 5.74. The fourth-order valence-electron chi connectivity index (χ4n) is 2.75. The SMILES string of the molecule is Cc1ccc(OCCC(N)C2CCCCC2)cc1. The molecule has 1 aliphatic rings. The van der Waals surface area contributed by atoms with E-state index in [1.54, 1.807) is 0 Å². The first-order valence-electron chi connectivity index (χ1n) is 7.21. The van der Waals surface area contributed by atoms with Gasteiger partial charge >= 0.3 is 0 Å². The fraction of sp³-hybridized carbons (Fsp3) is 0.625. The molecule has 1 fully saturated rings. The Labute approximate surface area is 111 Å². The van der Waals surface area contributed by atoms with Gasteiger partial charge in [-0.1, -0.05) is 37.0 Å². The summed E-state index contributed by atoms with van der Waals surface area (Å²) >= 11 is 0. The predicted molar refractivity (Wildman–Crippen MR) is 75.8 cm³/mol. The average molecular weight is 247 g/mol. The first kappa shape index (κ1) is 13.4. The molecule has 2 nitrogen and oxygen atoms in total. The van der Waals surface area contributed by atoms with Gasteiger partial charge < -0.3 is 10.5 Å². The Balaban J connectivity index is 1.69. The zero-order chi connectivity index (χ0) is 12.8. The van der Waals surface area contributed by atoms with Crippen molar-refractivity contribution < 1.29 is 4.74 Å². The summed E-state index contributed by atoms with van der Waals surface area (Å²) in [5.41, 5.74) is 7.52. The monoisotopic (exact) mass is 247 g/mol. The molecule has 0 radical (unpaired) electrons. The molecule has 2 N–H and O–H groups in total. The van der Waals surface area contributed by atoms with Crippen LogP contribution in [0, 0.1) is 12.8 Å². The lowest BCUT2D eigenvalue weighted by molar-refractivity contribution is 0.243. The lowest BCUT2D eigenvalue weighted by atomic mass is 9.83. The molecular weight excluding hydrogens is 222 g/mol. The van der Waals surface area contributed by atoms with E-state index in [1.807, 2.05) is 12.1 Å². The summed E-state index contributed by atoms with van der Waals surface area (Å²) in [7, 11) is 0. The quantitative estimate of drug-likeness (QED) is 0.861. The Morgan fingerprint density at radius 3 is 2.50 bits per heavy atom. The minimum atomic E-state index is 0.316. The fourth-order valence-corrected chi connectivity index (χ4v) is 2.75. The van der Waals surface area contributed by atoms with Crippen LogP contribution in [-0.4, -0.2) is 12.6 Å². The number of hydrogen-bond acceptors (Lipinski definition) is 2. The van der Waals surface area contributed by atoms with Gasteiger partial charge in [0, 0.05) is 6.04 Å². The molecule has 0 aliphatic heterocycles. The second-order valence-electron chi connectivity index (χ2n) is 5.51. The molecule has 0 bridgehead atoms. The lowest BCUT2D eigenvalue weighted by Gasteiger charge is -2.27. The molecule has 1 aromatic carbocycles. The first-order valence-corrected chi connectivity index (χ1v) is 7.21. The molecule has 2 rings (SSSR count). The van der Waals surface area contributed by atoms with E-state index < -0.39 is 0 Å². The van der Waals surface area contributed by atoms with E-state index in [9.17, 15) is 0 Å². The third kappa shape index (κ3) is 4.02. The Bertz CT molecular complexity index is 341.